The van der Waals surface area contributed by atoms with Crippen LogP contribution >= 0.6 is 0 Å². The van der Waals surface area contributed by atoms with E-state index >= 15 is 0 Å². The molecular formula is C21H18FNO. The second-order valence-electron chi connectivity index (χ2n) is 5.85. The lowest BCUT2D eigenvalue weighted by molar-refractivity contribution is 0.103. The summed E-state index contributed by atoms with van der Waals surface area (Å²) in [5, 5.41) is 0. The molecule has 3 aromatic rings. The van der Waals surface area contributed by atoms with Crippen LogP contribution in [0, 0.1) is 5.82 Å². The average molecular weight is 319 g/mol. The molecule has 2 nitrogen and oxygen atoms in total. The van der Waals surface area contributed by atoms with Crippen molar-refractivity contribution >= 4 is 11.5 Å². The molecule has 0 atom stereocenters. The van der Waals surface area contributed by atoms with Gasteiger partial charge in [-0.25, -0.2) is 4.39 Å². The van der Waals surface area contributed by atoms with Crippen molar-refractivity contribution in [3.63, 3.8) is 0 Å². The quantitative estimate of drug-likeness (QED) is 0.644. The maximum absolute atomic E-state index is 13.0. The van der Waals surface area contributed by atoms with Crippen molar-refractivity contribution in [2.75, 3.05) is 19.0 Å². The third-order valence-corrected chi connectivity index (χ3v) is 3.97. The number of benzene rings is 3. The minimum atomic E-state index is -0.344. The highest BCUT2D eigenvalue weighted by atomic mass is 19.1. The summed E-state index contributed by atoms with van der Waals surface area (Å²) in [5.74, 6) is -0.451. The number of nitrogens with zero attached hydrogens (tertiary/aromatic N) is 1. The van der Waals surface area contributed by atoms with Gasteiger partial charge in [0.05, 0.1) is 0 Å². The van der Waals surface area contributed by atoms with E-state index in [1.165, 1.54) is 24.3 Å². The summed E-state index contributed by atoms with van der Waals surface area (Å²) < 4.78 is 13.0. The summed E-state index contributed by atoms with van der Waals surface area (Å²) in [6, 6.07) is 21.3. The van der Waals surface area contributed by atoms with E-state index in [-0.39, 0.29) is 11.6 Å². The van der Waals surface area contributed by atoms with Gasteiger partial charge in [-0.2, -0.15) is 0 Å². The molecule has 0 saturated carbocycles. The Kier molecular flexibility index (Phi) is 4.43. The van der Waals surface area contributed by atoms with Crippen LogP contribution in [-0.4, -0.2) is 19.9 Å². The Labute approximate surface area is 141 Å². The largest absolute Gasteiger partial charge is 0.378 e. The lowest BCUT2D eigenvalue weighted by atomic mass is 9.99. The molecule has 3 heteroatoms. The predicted octanol–water partition coefficient (Wildman–Crippen LogP) is 4.79. The van der Waals surface area contributed by atoms with E-state index in [0.717, 1.165) is 16.8 Å². The molecule has 0 aliphatic rings. The molecule has 0 spiro atoms. The number of rotatable bonds is 4. The highest BCUT2D eigenvalue weighted by Gasteiger charge is 2.09. The third-order valence-electron chi connectivity index (χ3n) is 3.97. The van der Waals surface area contributed by atoms with Gasteiger partial charge in [-0.1, -0.05) is 36.4 Å². The lowest BCUT2D eigenvalue weighted by Crippen LogP contribution is -2.07. The minimum Gasteiger partial charge on any atom is -0.378 e. The van der Waals surface area contributed by atoms with Crippen LogP contribution in [0.25, 0.3) is 11.1 Å². The first kappa shape index (κ1) is 15.9. The molecule has 3 rings (SSSR count). The Morgan fingerprint density at radius 3 is 1.58 bits per heavy atom. The van der Waals surface area contributed by atoms with Crippen LogP contribution in [0.1, 0.15) is 15.9 Å². The normalized spacial score (nSPS) is 10.5. The maximum Gasteiger partial charge on any atom is 0.193 e. The Bertz CT molecular complexity index is 835. The fraction of sp³-hybridized carbons (Fsp3) is 0.0952. The zero-order valence-corrected chi connectivity index (χ0v) is 13.7. The van der Waals surface area contributed by atoms with Crippen LogP contribution in [-0.2, 0) is 0 Å². The third kappa shape index (κ3) is 3.35. The van der Waals surface area contributed by atoms with E-state index in [9.17, 15) is 9.18 Å². The van der Waals surface area contributed by atoms with Gasteiger partial charge in [0.2, 0.25) is 0 Å². The maximum atomic E-state index is 13.0. The summed E-state index contributed by atoms with van der Waals surface area (Å²) in [5.41, 5.74) is 4.37. The first-order chi connectivity index (χ1) is 11.5. The number of ketones is 1. The van der Waals surface area contributed by atoms with Gasteiger partial charge in [0.1, 0.15) is 5.82 Å². The zero-order valence-electron chi connectivity index (χ0n) is 13.7. The lowest BCUT2D eigenvalue weighted by Gasteiger charge is -2.12. The summed E-state index contributed by atoms with van der Waals surface area (Å²) in [6.07, 6.45) is 0. The zero-order chi connectivity index (χ0) is 17.1. The molecule has 0 N–H and O–H groups in total. The molecule has 0 amide bonds. The standard InChI is InChI=1S/C21H18FNO/c1-23(2)20-13-9-16(10-14-20)15-3-5-17(6-4-15)21(24)18-7-11-19(22)12-8-18/h3-14H,1-2H3. The van der Waals surface area contributed by atoms with Crippen molar-refractivity contribution in [2.45, 2.75) is 0 Å². The van der Waals surface area contributed by atoms with Crippen LogP contribution in [0.5, 0.6) is 0 Å². The van der Waals surface area contributed by atoms with Crippen LogP contribution in [0.2, 0.25) is 0 Å². The summed E-state index contributed by atoms with van der Waals surface area (Å²) in [7, 11) is 4.01. The monoisotopic (exact) mass is 319 g/mol. The number of carbonyl (C=O) groups excluding carboxylic acids is 1. The van der Waals surface area contributed by atoms with Crippen molar-refractivity contribution in [3.8, 4) is 11.1 Å². The van der Waals surface area contributed by atoms with Gasteiger partial charge >= 0.3 is 0 Å². The molecule has 0 aliphatic carbocycles. The molecule has 0 aromatic heterocycles. The van der Waals surface area contributed by atoms with Crippen LogP contribution in [0.4, 0.5) is 10.1 Å². The van der Waals surface area contributed by atoms with Crippen LogP contribution in [0.15, 0.2) is 72.8 Å². The van der Waals surface area contributed by atoms with E-state index < -0.39 is 0 Å². The van der Waals surface area contributed by atoms with Crippen LogP contribution < -0.4 is 4.90 Å². The summed E-state index contributed by atoms with van der Waals surface area (Å²) in [4.78, 5) is 14.4. The smallest absolute Gasteiger partial charge is 0.193 e. The average Bonchev–Trinajstić information content (AvgIpc) is 2.62. The van der Waals surface area contributed by atoms with Crippen molar-refractivity contribution in [3.05, 3.63) is 89.7 Å². The van der Waals surface area contributed by atoms with Crippen molar-refractivity contribution in [1.29, 1.82) is 0 Å². The van der Waals surface area contributed by atoms with Gasteiger partial charge in [0.25, 0.3) is 0 Å². The molecule has 24 heavy (non-hydrogen) atoms. The topological polar surface area (TPSA) is 20.3 Å². The van der Waals surface area contributed by atoms with Gasteiger partial charge in [-0.3, -0.25) is 4.79 Å². The Balaban J connectivity index is 1.82. The van der Waals surface area contributed by atoms with Crippen molar-refractivity contribution in [1.82, 2.24) is 0 Å². The molecule has 0 aliphatic heterocycles. The van der Waals surface area contributed by atoms with Gasteiger partial charge in [-0.05, 0) is 47.5 Å². The summed E-state index contributed by atoms with van der Waals surface area (Å²) in [6.45, 7) is 0. The molecule has 0 saturated heterocycles. The van der Waals surface area contributed by atoms with E-state index in [0.29, 0.717) is 11.1 Å². The van der Waals surface area contributed by atoms with Gasteiger partial charge in [0.15, 0.2) is 5.78 Å². The first-order valence-corrected chi connectivity index (χ1v) is 7.73. The number of hydrogen-bond donors (Lipinski definition) is 0. The fourth-order valence-electron chi connectivity index (χ4n) is 2.53. The Morgan fingerprint density at radius 2 is 1.12 bits per heavy atom. The number of anilines is 1. The summed E-state index contributed by atoms with van der Waals surface area (Å²) >= 11 is 0. The molecule has 0 unspecified atom stereocenters. The van der Waals surface area contributed by atoms with Crippen molar-refractivity contribution in [2.24, 2.45) is 0 Å². The number of halogens is 1. The molecule has 0 heterocycles. The SMILES string of the molecule is CN(C)c1ccc(-c2ccc(C(=O)c3ccc(F)cc3)cc2)cc1. The molecule has 0 fully saturated rings. The Morgan fingerprint density at radius 1 is 0.708 bits per heavy atom. The van der Waals surface area contributed by atoms with E-state index in [1.54, 1.807) is 12.1 Å². The second kappa shape index (κ2) is 6.67. The number of carbonyl (C=O) groups is 1. The van der Waals surface area contributed by atoms with Gasteiger partial charge < -0.3 is 4.90 Å². The van der Waals surface area contributed by atoms with Gasteiger partial charge in [0, 0.05) is 30.9 Å². The molecular weight excluding hydrogens is 301 g/mol. The molecule has 120 valence electrons. The molecule has 3 aromatic carbocycles. The predicted molar refractivity (Wildman–Crippen MR) is 96.0 cm³/mol. The minimum absolute atomic E-state index is 0.107. The van der Waals surface area contributed by atoms with E-state index in [2.05, 4.69) is 24.3 Å². The Hall–Kier alpha value is -2.94. The fourth-order valence-corrected chi connectivity index (χ4v) is 2.53. The van der Waals surface area contributed by atoms with Crippen LogP contribution in [0.3, 0.4) is 0 Å². The van der Waals surface area contributed by atoms with E-state index in [1.807, 2.05) is 31.1 Å². The van der Waals surface area contributed by atoms with Gasteiger partial charge in [-0.15, -0.1) is 0 Å². The highest BCUT2D eigenvalue weighted by Crippen LogP contribution is 2.23. The molecule has 0 bridgehead atoms. The second-order valence-corrected chi connectivity index (χ2v) is 5.85. The first-order valence-electron chi connectivity index (χ1n) is 7.73. The molecule has 0 radical (unpaired) electrons. The van der Waals surface area contributed by atoms with E-state index in [4.69, 9.17) is 0 Å². The number of hydrogen-bond acceptors (Lipinski definition) is 2. The van der Waals surface area contributed by atoms with Crippen molar-refractivity contribution < 1.29 is 9.18 Å². The highest BCUT2D eigenvalue weighted by molar-refractivity contribution is 6.09.